The maximum atomic E-state index is 12.4. The number of carbonyl (C=O) groups is 1. The number of aliphatic hydroxyl groups is 1. The van der Waals surface area contributed by atoms with Crippen LogP contribution in [0.15, 0.2) is 30.3 Å². The maximum absolute atomic E-state index is 12.4. The Morgan fingerprint density at radius 3 is 2.33 bits per heavy atom. The van der Waals surface area contributed by atoms with Crippen molar-refractivity contribution in [1.82, 2.24) is 0 Å². The van der Waals surface area contributed by atoms with Crippen molar-refractivity contribution >= 4 is 5.78 Å². The minimum absolute atomic E-state index is 0.0649. The minimum Gasteiger partial charge on any atom is -0.504 e. The molecule has 0 aliphatic carbocycles. The van der Waals surface area contributed by atoms with E-state index in [-0.39, 0.29) is 34.3 Å². The Morgan fingerprint density at radius 1 is 1.00 bits per heavy atom. The molecule has 0 fully saturated rings. The summed E-state index contributed by atoms with van der Waals surface area (Å²) < 4.78 is 15.8. The van der Waals surface area contributed by atoms with Crippen LogP contribution in [0.25, 0.3) is 0 Å². The van der Waals surface area contributed by atoms with Crippen molar-refractivity contribution in [3.8, 4) is 28.7 Å². The lowest BCUT2D eigenvalue weighted by Crippen LogP contribution is -2.36. The topological polar surface area (TPSA) is 105 Å². The highest BCUT2D eigenvalue weighted by Crippen LogP contribution is 2.42. The lowest BCUT2D eigenvalue weighted by Gasteiger charge is -2.30. The van der Waals surface area contributed by atoms with Gasteiger partial charge in [0.25, 0.3) is 0 Å². The largest absolute Gasteiger partial charge is 0.504 e. The number of Topliss-reactive ketones (excluding diaryl/α,β-unsaturated/α-hetero) is 1. The number of ether oxygens (including phenoxy) is 3. The Balaban J connectivity index is 2.05. The highest BCUT2D eigenvalue weighted by atomic mass is 16.5. The van der Waals surface area contributed by atoms with Gasteiger partial charge in [-0.3, -0.25) is 4.79 Å². The number of ketones is 1. The van der Waals surface area contributed by atoms with E-state index in [4.69, 9.17) is 14.2 Å². The number of benzene rings is 2. The molecular weight excluding hydrogens is 316 g/mol. The summed E-state index contributed by atoms with van der Waals surface area (Å²) in [5.74, 6) is -0.317. The molecule has 2 atom stereocenters. The Morgan fingerprint density at radius 2 is 1.67 bits per heavy atom. The quantitative estimate of drug-likeness (QED) is 0.787. The Bertz CT molecular complexity index is 800. The Hall–Kier alpha value is -2.93. The first kappa shape index (κ1) is 15.9. The van der Waals surface area contributed by atoms with E-state index < -0.39 is 18.0 Å². The molecule has 0 radical (unpaired) electrons. The fraction of sp³-hybridized carbons (Fsp3) is 0.235. The van der Waals surface area contributed by atoms with Gasteiger partial charge >= 0.3 is 0 Å². The number of aliphatic hydroxyl groups excluding tert-OH is 1. The average Bonchev–Trinajstić information content (AvgIpc) is 2.59. The molecular formula is C17H16O7. The molecule has 0 aromatic heterocycles. The zero-order chi connectivity index (χ0) is 17.4. The number of methoxy groups -OCH3 is 2. The summed E-state index contributed by atoms with van der Waals surface area (Å²) in [6, 6.07) is 6.99. The van der Waals surface area contributed by atoms with Crippen LogP contribution in [0.3, 0.4) is 0 Å². The number of hydrogen-bond donors (Lipinski definition) is 3. The zero-order valence-electron chi connectivity index (χ0n) is 13.0. The number of rotatable bonds is 3. The second kappa shape index (κ2) is 5.93. The molecule has 1 aliphatic heterocycles. The Kier molecular flexibility index (Phi) is 3.94. The summed E-state index contributed by atoms with van der Waals surface area (Å²) in [4.78, 5) is 12.4. The monoisotopic (exact) mass is 332 g/mol. The Labute approximate surface area is 137 Å². The summed E-state index contributed by atoms with van der Waals surface area (Å²) in [5.41, 5.74) is 0.533. The molecule has 1 heterocycles. The summed E-state index contributed by atoms with van der Waals surface area (Å²) in [5, 5.41) is 29.8. The summed E-state index contributed by atoms with van der Waals surface area (Å²) >= 11 is 0. The lowest BCUT2D eigenvalue weighted by molar-refractivity contribution is 0.0214. The number of phenols is 2. The smallest absolute Gasteiger partial charge is 0.199 e. The molecule has 0 bridgehead atoms. The first-order valence-corrected chi connectivity index (χ1v) is 7.13. The first-order chi connectivity index (χ1) is 11.5. The van der Waals surface area contributed by atoms with Crippen molar-refractivity contribution < 1.29 is 34.3 Å². The van der Waals surface area contributed by atoms with E-state index in [1.165, 1.54) is 44.6 Å². The van der Waals surface area contributed by atoms with Gasteiger partial charge < -0.3 is 29.5 Å². The van der Waals surface area contributed by atoms with Crippen molar-refractivity contribution in [2.45, 2.75) is 12.2 Å². The van der Waals surface area contributed by atoms with Gasteiger partial charge in [0.1, 0.15) is 5.75 Å². The summed E-state index contributed by atoms with van der Waals surface area (Å²) in [7, 11) is 2.77. The molecule has 7 nitrogen and oxygen atoms in total. The van der Waals surface area contributed by atoms with Crippen LogP contribution in [0.5, 0.6) is 28.7 Å². The molecule has 7 heteroatoms. The molecule has 3 N–H and O–H groups in total. The van der Waals surface area contributed by atoms with Gasteiger partial charge in [0.2, 0.25) is 0 Å². The van der Waals surface area contributed by atoms with E-state index in [0.29, 0.717) is 5.56 Å². The molecule has 0 spiro atoms. The molecule has 0 saturated heterocycles. The van der Waals surface area contributed by atoms with Gasteiger partial charge in [-0.1, -0.05) is 6.07 Å². The van der Waals surface area contributed by atoms with E-state index in [0.717, 1.165) is 0 Å². The van der Waals surface area contributed by atoms with Gasteiger partial charge in [-0.25, -0.2) is 0 Å². The molecule has 126 valence electrons. The van der Waals surface area contributed by atoms with Gasteiger partial charge in [-0.2, -0.15) is 0 Å². The number of fused-ring (bicyclic) bond motifs is 1. The predicted octanol–water partition coefficient (Wildman–Crippen LogP) is 1.79. The van der Waals surface area contributed by atoms with Gasteiger partial charge in [-0.15, -0.1) is 0 Å². The molecule has 2 unspecified atom stereocenters. The first-order valence-electron chi connectivity index (χ1n) is 7.13. The third kappa shape index (κ3) is 2.48. The average molecular weight is 332 g/mol. The molecule has 0 saturated carbocycles. The van der Waals surface area contributed by atoms with Crippen LogP contribution in [0.4, 0.5) is 0 Å². The van der Waals surface area contributed by atoms with Gasteiger partial charge in [0.05, 0.1) is 19.8 Å². The molecule has 0 amide bonds. The molecule has 1 aliphatic rings. The highest BCUT2D eigenvalue weighted by molar-refractivity contribution is 6.03. The standard InChI is InChI=1S/C17H16O7/c1-22-13-5-8(3-4-10(13)18)17-16(21)15(20)9-6-11(19)14(23-2)7-12(9)24-17/h3-7,16-19,21H,1-2H3. The highest BCUT2D eigenvalue weighted by Gasteiger charge is 2.38. The minimum atomic E-state index is -1.46. The second-order valence-electron chi connectivity index (χ2n) is 5.30. The van der Waals surface area contributed by atoms with Crippen LogP contribution in [-0.4, -0.2) is 41.4 Å². The third-order valence-electron chi connectivity index (χ3n) is 3.89. The van der Waals surface area contributed by atoms with Gasteiger partial charge in [0, 0.05) is 6.07 Å². The van der Waals surface area contributed by atoms with Crippen molar-refractivity contribution in [2.75, 3.05) is 14.2 Å². The molecule has 2 aromatic rings. The van der Waals surface area contributed by atoms with Crippen molar-refractivity contribution in [2.24, 2.45) is 0 Å². The molecule has 2 aromatic carbocycles. The second-order valence-corrected chi connectivity index (χ2v) is 5.30. The number of phenolic OH excluding ortho intramolecular Hbond substituents is 2. The van der Waals surface area contributed by atoms with E-state index in [2.05, 4.69) is 0 Å². The van der Waals surface area contributed by atoms with Crippen LogP contribution in [0.2, 0.25) is 0 Å². The maximum Gasteiger partial charge on any atom is 0.199 e. The van der Waals surface area contributed by atoms with Crippen LogP contribution >= 0.6 is 0 Å². The summed E-state index contributed by atoms with van der Waals surface area (Å²) in [6.07, 6.45) is -2.44. The normalized spacial score (nSPS) is 19.4. The zero-order valence-corrected chi connectivity index (χ0v) is 13.0. The van der Waals surface area contributed by atoms with Crippen LogP contribution < -0.4 is 14.2 Å². The SMILES string of the molecule is COc1cc(C2Oc3cc(OC)c(O)cc3C(=O)C2O)ccc1O. The number of hydrogen-bond acceptors (Lipinski definition) is 7. The molecule has 3 rings (SSSR count). The van der Waals surface area contributed by atoms with Crippen molar-refractivity contribution in [3.05, 3.63) is 41.5 Å². The van der Waals surface area contributed by atoms with Crippen LogP contribution in [0.1, 0.15) is 22.0 Å². The van der Waals surface area contributed by atoms with Crippen LogP contribution in [0, 0.1) is 0 Å². The van der Waals surface area contributed by atoms with E-state index >= 15 is 0 Å². The van der Waals surface area contributed by atoms with Gasteiger partial charge in [-0.05, 0) is 23.8 Å². The van der Waals surface area contributed by atoms with Crippen molar-refractivity contribution in [3.63, 3.8) is 0 Å². The van der Waals surface area contributed by atoms with E-state index in [1.807, 2.05) is 0 Å². The number of carbonyl (C=O) groups excluding carboxylic acids is 1. The predicted molar refractivity (Wildman–Crippen MR) is 83.0 cm³/mol. The fourth-order valence-electron chi connectivity index (χ4n) is 2.62. The summed E-state index contributed by atoms with van der Waals surface area (Å²) in [6.45, 7) is 0. The lowest BCUT2D eigenvalue weighted by atomic mass is 9.93. The van der Waals surface area contributed by atoms with Gasteiger partial charge in [0.15, 0.2) is 41.0 Å². The molecule has 24 heavy (non-hydrogen) atoms. The van der Waals surface area contributed by atoms with Crippen LogP contribution in [-0.2, 0) is 0 Å². The third-order valence-corrected chi connectivity index (χ3v) is 3.89. The van der Waals surface area contributed by atoms with E-state index in [9.17, 15) is 20.1 Å². The number of aromatic hydroxyl groups is 2. The van der Waals surface area contributed by atoms with E-state index in [1.54, 1.807) is 0 Å². The fourth-order valence-corrected chi connectivity index (χ4v) is 2.62. The van der Waals surface area contributed by atoms with Crippen molar-refractivity contribution in [1.29, 1.82) is 0 Å².